The molecule has 3 heteroatoms. The van der Waals surface area contributed by atoms with Gasteiger partial charge in [0.15, 0.2) is 0 Å². The quantitative estimate of drug-likeness (QED) is 0.734. The van der Waals surface area contributed by atoms with E-state index < -0.39 is 0 Å². The summed E-state index contributed by atoms with van der Waals surface area (Å²) in [6.07, 6.45) is 4.69. The maximum absolute atomic E-state index is 4.42. The summed E-state index contributed by atoms with van der Waals surface area (Å²) in [5.74, 6) is 1.06. The fourth-order valence-corrected chi connectivity index (χ4v) is 2.08. The predicted molar refractivity (Wildman–Crippen MR) is 53.0 cm³/mol. The average Bonchev–Trinajstić information content (AvgIpc) is 2.79. The third-order valence-electron chi connectivity index (χ3n) is 2.97. The molecule has 14 heavy (non-hydrogen) atoms. The smallest absolute Gasteiger partial charge is 0.107 e. The lowest BCUT2D eigenvalue weighted by Gasteiger charge is -2.23. The highest BCUT2D eigenvalue weighted by atomic mass is 15.0. The van der Waals surface area contributed by atoms with Gasteiger partial charge in [0.1, 0.15) is 5.82 Å². The number of hydrogen-bond donors (Lipinski definition) is 1. The summed E-state index contributed by atoms with van der Waals surface area (Å²) in [5.41, 5.74) is 2.30. The van der Waals surface area contributed by atoms with E-state index in [-0.39, 0.29) is 5.41 Å². The van der Waals surface area contributed by atoms with Crippen molar-refractivity contribution in [3.8, 4) is 0 Å². The van der Waals surface area contributed by atoms with Crippen LogP contribution in [0.2, 0.25) is 0 Å². The molecule has 3 rings (SSSR count). The third kappa shape index (κ3) is 0.867. The Morgan fingerprint density at radius 3 is 2.86 bits per heavy atom. The number of fused-ring (bicyclic) bond motifs is 2. The van der Waals surface area contributed by atoms with Crippen LogP contribution >= 0.6 is 0 Å². The summed E-state index contributed by atoms with van der Waals surface area (Å²) < 4.78 is 0. The summed E-state index contributed by atoms with van der Waals surface area (Å²) in [4.78, 5) is 11.9. The van der Waals surface area contributed by atoms with Gasteiger partial charge in [0.25, 0.3) is 0 Å². The van der Waals surface area contributed by atoms with Gasteiger partial charge in [0.05, 0.1) is 11.1 Å². The monoisotopic (exact) mass is 185 g/mol. The summed E-state index contributed by atoms with van der Waals surface area (Å²) in [5, 5.41) is 0. The van der Waals surface area contributed by atoms with Crippen molar-refractivity contribution in [2.24, 2.45) is 0 Å². The second kappa shape index (κ2) is 2.44. The van der Waals surface area contributed by atoms with Crippen LogP contribution in [0.25, 0.3) is 0 Å². The van der Waals surface area contributed by atoms with Gasteiger partial charge in [0, 0.05) is 24.5 Å². The summed E-state index contributed by atoms with van der Waals surface area (Å²) in [7, 11) is 0. The number of H-pyrrole nitrogens is 1. The zero-order chi connectivity index (χ0) is 9.60. The number of nitrogens with one attached hydrogen (secondary N) is 1. The van der Waals surface area contributed by atoms with E-state index in [9.17, 15) is 0 Å². The van der Waals surface area contributed by atoms with Crippen molar-refractivity contribution in [2.45, 2.75) is 18.8 Å². The molecule has 3 heterocycles. The lowest BCUT2D eigenvalue weighted by molar-refractivity contribution is 0.552. The summed E-state index contributed by atoms with van der Waals surface area (Å²) in [6, 6.07) is 6.05. The van der Waals surface area contributed by atoms with E-state index in [0.29, 0.717) is 0 Å². The Kier molecular flexibility index (Phi) is 1.35. The number of nitrogens with zero attached hydrogens (tertiary/aromatic N) is 2. The highest BCUT2D eigenvalue weighted by Crippen LogP contribution is 2.36. The number of pyridine rings is 1. The molecule has 1 unspecified atom stereocenters. The lowest BCUT2D eigenvalue weighted by atomic mass is 9.81. The van der Waals surface area contributed by atoms with Gasteiger partial charge in [-0.15, -0.1) is 0 Å². The van der Waals surface area contributed by atoms with Crippen molar-refractivity contribution in [3.05, 3.63) is 47.8 Å². The zero-order valence-corrected chi connectivity index (χ0v) is 7.99. The fraction of sp³-hybridized carbons (Fsp3) is 0.273. The largest absolute Gasteiger partial charge is 0.345 e. The molecule has 0 amide bonds. The molecule has 0 saturated heterocycles. The first-order valence-electron chi connectivity index (χ1n) is 4.75. The van der Waals surface area contributed by atoms with Gasteiger partial charge in [-0.1, -0.05) is 6.07 Å². The highest BCUT2D eigenvalue weighted by Gasteiger charge is 2.38. The molecule has 1 aliphatic heterocycles. The number of aromatic amines is 1. The van der Waals surface area contributed by atoms with Gasteiger partial charge in [-0.2, -0.15) is 0 Å². The van der Waals surface area contributed by atoms with Crippen molar-refractivity contribution in [3.63, 3.8) is 0 Å². The number of hydrogen-bond acceptors (Lipinski definition) is 2. The predicted octanol–water partition coefficient (Wildman–Crippen LogP) is 1.67. The molecular formula is C11H11N3. The first-order chi connectivity index (χ1) is 6.79. The molecule has 1 aliphatic rings. The number of imidazole rings is 1. The molecule has 2 aromatic rings. The van der Waals surface area contributed by atoms with Crippen LogP contribution in [0.15, 0.2) is 30.6 Å². The minimum Gasteiger partial charge on any atom is -0.345 e. The van der Waals surface area contributed by atoms with Gasteiger partial charge in [0.2, 0.25) is 0 Å². The van der Waals surface area contributed by atoms with Crippen molar-refractivity contribution < 1.29 is 0 Å². The molecule has 0 aliphatic carbocycles. The van der Waals surface area contributed by atoms with Crippen molar-refractivity contribution >= 4 is 0 Å². The van der Waals surface area contributed by atoms with Gasteiger partial charge >= 0.3 is 0 Å². The SMILES string of the molecule is CC1(c2ccccn2)Cc2ncc1[nH]2. The lowest BCUT2D eigenvalue weighted by Crippen LogP contribution is -2.25. The standard InChI is InChI=1S/C11H11N3/c1-11(8-4-2-3-5-12-8)6-10-13-7-9(11)14-10/h2-5,7H,6H2,1H3,(H,13,14). The second-order valence-electron chi connectivity index (χ2n) is 3.97. The molecule has 2 bridgehead atoms. The summed E-state index contributed by atoms with van der Waals surface area (Å²) >= 11 is 0. The second-order valence-corrected chi connectivity index (χ2v) is 3.97. The minimum absolute atomic E-state index is 0.0122. The third-order valence-corrected chi connectivity index (χ3v) is 2.97. The van der Waals surface area contributed by atoms with E-state index in [1.807, 2.05) is 24.5 Å². The maximum atomic E-state index is 4.42. The van der Waals surface area contributed by atoms with E-state index in [1.54, 1.807) is 0 Å². The Labute approximate surface area is 82.2 Å². The molecule has 1 atom stereocenters. The maximum Gasteiger partial charge on any atom is 0.107 e. The number of rotatable bonds is 1. The molecule has 3 nitrogen and oxygen atoms in total. The van der Waals surface area contributed by atoms with Crippen LogP contribution in [-0.2, 0) is 11.8 Å². The molecule has 2 aromatic heterocycles. The molecule has 0 saturated carbocycles. The Morgan fingerprint density at radius 2 is 2.29 bits per heavy atom. The Bertz CT molecular complexity index is 460. The normalized spacial score (nSPS) is 24.1. The Balaban J connectivity index is 2.12. The molecule has 0 spiro atoms. The zero-order valence-electron chi connectivity index (χ0n) is 7.99. The first kappa shape index (κ1) is 7.74. The van der Waals surface area contributed by atoms with Crippen molar-refractivity contribution in [1.82, 2.24) is 15.0 Å². The molecular weight excluding hydrogens is 174 g/mol. The van der Waals surface area contributed by atoms with E-state index in [4.69, 9.17) is 0 Å². The minimum atomic E-state index is 0.0122. The summed E-state index contributed by atoms with van der Waals surface area (Å²) in [6.45, 7) is 2.20. The van der Waals surface area contributed by atoms with Crippen LogP contribution in [0.5, 0.6) is 0 Å². The topological polar surface area (TPSA) is 41.6 Å². The van der Waals surface area contributed by atoms with Crippen LogP contribution in [-0.4, -0.2) is 15.0 Å². The molecule has 0 radical (unpaired) electrons. The fourth-order valence-electron chi connectivity index (χ4n) is 2.08. The van der Waals surface area contributed by atoms with Gasteiger partial charge in [-0.25, -0.2) is 4.98 Å². The Morgan fingerprint density at radius 1 is 1.36 bits per heavy atom. The Hall–Kier alpha value is -1.64. The number of aromatic nitrogens is 3. The van der Waals surface area contributed by atoms with E-state index in [2.05, 4.69) is 27.9 Å². The van der Waals surface area contributed by atoms with Gasteiger partial charge in [-0.05, 0) is 19.1 Å². The van der Waals surface area contributed by atoms with Crippen molar-refractivity contribution in [1.29, 1.82) is 0 Å². The molecule has 70 valence electrons. The first-order valence-corrected chi connectivity index (χ1v) is 4.75. The van der Waals surface area contributed by atoms with E-state index in [0.717, 1.165) is 17.9 Å². The van der Waals surface area contributed by atoms with Crippen LogP contribution in [0.3, 0.4) is 0 Å². The molecule has 1 N–H and O–H groups in total. The average molecular weight is 185 g/mol. The van der Waals surface area contributed by atoms with Crippen LogP contribution < -0.4 is 0 Å². The van der Waals surface area contributed by atoms with Crippen molar-refractivity contribution in [2.75, 3.05) is 0 Å². The van der Waals surface area contributed by atoms with Crippen LogP contribution in [0.1, 0.15) is 24.1 Å². The highest BCUT2D eigenvalue weighted by molar-refractivity contribution is 5.35. The van der Waals surface area contributed by atoms with E-state index in [1.165, 1.54) is 5.69 Å². The van der Waals surface area contributed by atoms with Crippen LogP contribution in [0.4, 0.5) is 0 Å². The molecule has 0 fully saturated rings. The van der Waals surface area contributed by atoms with Gasteiger partial charge < -0.3 is 4.98 Å². The van der Waals surface area contributed by atoms with Gasteiger partial charge in [-0.3, -0.25) is 4.98 Å². The van der Waals surface area contributed by atoms with E-state index >= 15 is 0 Å². The molecule has 0 aromatic carbocycles. The van der Waals surface area contributed by atoms with Crippen LogP contribution in [0, 0.1) is 0 Å².